The highest BCUT2D eigenvalue weighted by Crippen LogP contribution is 2.30. The van der Waals surface area contributed by atoms with E-state index >= 15 is 0 Å². The number of pyridine rings is 1. The Bertz CT molecular complexity index is 611. The average molecular weight is 274 g/mol. The lowest BCUT2D eigenvalue weighted by Crippen LogP contribution is -2.03. The van der Waals surface area contributed by atoms with Gasteiger partial charge in [0.25, 0.3) is 0 Å². The first kappa shape index (κ1) is 13.7. The molecule has 2 N–H and O–H groups in total. The third kappa shape index (κ3) is 2.80. The number of esters is 1. The molecule has 1 aromatic carbocycles. The number of carbonyl (C=O) groups is 1. The molecule has 1 heterocycles. The quantitative estimate of drug-likeness (QED) is 0.658. The summed E-state index contributed by atoms with van der Waals surface area (Å²) in [6.45, 7) is 0. The Balaban J connectivity index is 2.26. The number of para-hydroxylation sites is 1. The largest absolute Gasteiger partial charge is 0.505 e. The maximum atomic E-state index is 11.5. The molecule has 20 heavy (non-hydrogen) atoms. The highest BCUT2D eigenvalue weighted by Gasteiger charge is 2.14. The van der Waals surface area contributed by atoms with Gasteiger partial charge in [-0.2, -0.15) is 0 Å². The van der Waals surface area contributed by atoms with E-state index in [1.54, 1.807) is 37.6 Å². The fourth-order valence-corrected chi connectivity index (χ4v) is 1.63. The van der Waals surface area contributed by atoms with Crippen molar-refractivity contribution >= 4 is 17.5 Å². The van der Waals surface area contributed by atoms with Gasteiger partial charge in [-0.25, -0.2) is 9.78 Å². The number of nitrogens with one attached hydrogen (secondary N) is 1. The molecule has 0 saturated heterocycles. The van der Waals surface area contributed by atoms with Gasteiger partial charge in [0.2, 0.25) is 0 Å². The highest BCUT2D eigenvalue weighted by molar-refractivity contribution is 5.94. The van der Waals surface area contributed by atoms with Gasteiger partial charge in [0.1, 0.15) is 17.1 Å². The maximum Gasteiger partial charge on any atom is 0.341 e. The van der Waals surface area contributed by atoms with Crippen LogP contribution < -0.4 is 10.1 Å². The fourth-order valence-electron chi connectivity index (χ4n) is 1.63. The molecule has 0 amide bonds. The van der Waals surface area contributed by atoms with Crippen LogP contribution in [0.1, 0.15) is 10.4 Å². The Labute approximate surface area is 116 Å². The number of aromatic nitrogens is 1. The third-order valence-electron chi connectivity index (χ3n) is 2.68. The van der Waals surface area contributed by atoms with Crippen LogP contribution in [0.3, 0.4) is 0 Å². The molecule has 0 atom stereocenters. The van der Waals surface area contributed by atoms with Gasteiger partial charge in [0.05, 0.1) is 26.1 Å². The van der Waals surface area contributed by atoms with Crippen LogP contribution in [0.25, 0.3) is 0 Å². The first-order valence-corrected chi connectivity index (χ1v) is 5.83. The monoisotopic (exact) mass is 274 g/mol. The standard InChI is InChI=1S/C14H14N2O4/c1-19-9-6-7-12(15-8-9)16-11-5-3-4-10(13(11)17)14(18)20-2/h3-8,17H,1-2H3,(H,15,16). The number of carbonyl (C=O) groups excluding carboxylic acids is 1. The molecule has 0 saturated carbocycles. The van der Waals surface area contributed by atoms with E-state index in [4.69, 9.17) is 4.74 Å². The summed E-state index contributed by atoms with van der Waals surface area (Å²) in [6.07, 6.45) is 1.55. The highest BCUT2D eigenvalue weighted by atomic mass is 16.5. The zero-order chi connectivity index (χ0) is 14.5. The van der Waals surface area contributed by atoms with Crippen LogP contribution >= 0.6 is 0 Å². The summed E-state index contributed by atoms with van der Waals surface area (Å²) in [7, 11) is 2.81. The summed E-state index contributed by atoms with van der Waals surface area (Å²) in [5.74, 6) is 0.358. The van der Waals surface area contributed by atoms with Crippen molar-refractivity contribution in [3.05, 3.63) is 42.1 Å². The van der Waals surface area contributed by atoms with Gasteiger partial charge in [-0.15, -0.1) is 0 Å². The van der Waals surface area contributed by atoms with E-state index in [0.29, 0.717) is 17.3 Å². The molecular formula is C14H14N2O4. The number of nitrogens with zero attached hydrogens (tertiary/aromatic N) is 1. The number of methoxy groups -OCH3 is 2. The summed E-state index contributed by atoms with van der Waals surface area (Å²) < 4.78 is 9.60. The van der Waals surface area contributed by atoms with Crippen molar-refractivity contribution in [2.24, 2.45) is 0 Å². The summed E-state index contributed by atoms with van der Waals surface area (Å²) >= 11 is 0. The van der Waals surface area contributed by atoms with Gasteiger partial charge < -0.3 is 19.9 Å². The van der Waals surface area contributed by atoms with Crippen LogP contribution in [0.2, 0.25) is 0 Å². The van der Waals surface area contributed by atoms with Gasteiger partial charge in [-0.1, -0.05) is 6.07 Å². The van der Waals surface area contributed by atoms with Crippen molar-refractivity contribution in [2.75, 3.05) is 19.5 Å². The summed E-state index contributed by atoms with van der Waals surface area (Å²) in [5.41, 5.74) is 0.455. The van der Waals surface area contributed by atoms with E-state index in [0.717, 1.165) is 0 Å². The minimum Gasteiger partial charge on any atom is -0.505 e. The maximum absolute atomic E-state index is 11.5. The molecule has 0 unspecified atom stereocenters. The molecule has 2 aromatic rings. The number of anilines is 2. The van der Waals surface area contributed by atoms with Crippen LogP contribution in [-0.4, -0.2) is 30.3 Å². The normalized spacial score (nSPS) is 9.90. The minimum atomic E-state index is -0.603. The molecule has 0 aliphatic heterocycles. The van der Waals surface area contributed by atoms with Gasteiger partial charge in [0, 0.05) is 0 Å². The van der Waals surface area contributed by atoms with Crippen molar-refractivity contribution in [3.8, 4) is 11.5 Å². The van der Waals surface area contributed by atoms with E-state index < -0.39 is 5.97 Å². The second-order valence-electron chi connectivity index (χ2n) is 3.90. The number of hydrogen-bond donors (Lipinski definition) is 2. The molecule has 104 valence electrons. The van der Waals surface area contributed by atoms with E-state index in [-0.39, 0.29) is 11.3 Å². The number of benzene rings is 1. The number of ether oxygens (including phenoxy) is 2. The predicted octanol–water partition coefficient (Wildman–Crippen LogP) is 2.33. The predicted molar refractivity (Wildman–Crippen MR) is 73.5 cm³/mol. The second-order valence-corrected chi connectivity index (χ2v) is 3.90. The zero-order valence-corrected chi connectivity index (χ0v) is 11.1. The van der Waals surface area contributed by atoms with Crippen LogP contribution in [0.5, 0.6) is 11.5 Å². The Morgan fingerprint density at radius 1 is 1.25 bits per heavy atom. The first-order chi connectivity index (χ1) is 9.65. The van der Waals surface area contributed by atoms with Gasteiger partial charge in [-0.05, 0) is 24.3 Å². The van der Waals surface area contributed by atoms with Crippen molar-refractivity contribution in [1.29, 1.82) is 0 Å². The third-order valence-corrected chi connectivity index (χ3v) is 2.68. The Morgan fingerprint density at radius 2 is 2.05 bits per heavy atom. The van der Waals surface area contributed by atoms with E-state index in [9.17, 15) is 9.90 Å². The number of rotatable bonds is 4. The van der Waals surface area contributed by atoms with Crippen molar-refractivity contribution < 1.29 is 19.4 Å². The lowest BCUT2D eigenvalue weighted by molar-refractivity contribution is 0.0597. The van der Waals surface area contributed by atoms with Crippen molar-refractivity contribution in [2.45, 2.75) is 0 Å². The molecule has 6 nitrogen and oxygen atoms in total. The molecule has 0 fully saturated rings. The van der Waals surface area contributed by atoms with Gasteiger partial charge in [0.15, 0.2) is 5.75 Å². The van der Waals surface area contributed by atoms with Gasteiger partial charge in [-0.3, -0.25) is 0 Å². The molecule has 1 aromatic heterocycles. The van der Waals surface area contributed by atoms with Crippen LogP contribution in [-0.2, 0) is 4.74 Å². The number of phenols is 1. The minimum absolute atomic E-state index is 0.0889. The summed E-state index contributed by atoms with van der Waals surface area (Å²) in [5, 5.41) is 13.0. The van der Waals surface area contributed by atoms with Gasteiger partial charge >= 0.3 is 5.97 Å². The molecule has 6 heteroatoms. The number of phenolic OH excluding ortho intramolecular Hbond substituents is 1. The molecule has 0 aliphatic rings. The van der Waals surface area contributed by atoms with E-state index in [1.165, 1.54) is 13.2 Å². The summed E-state index contributed by atoms with van der Waals surface area (Å²) in [6, 6.07) is 8.18. The molecule has 2 rings (SSSR count). The SMILES string of the molecule is COC(=O)c1cccc(Nc2ccc(OC)cn2)c1O. The average Bonchev–Trinajstić information content (AvgIpc) is 2.49. The number of hydrogen-bond acceptors (Lipinski definition) is 6. The van der Waals surface area contributed by atoms with Crippen LogP contribution in [0.4, 0.5) is 11.5 Å². The first-order valence-electron chi connectivity index (χ1n) is 5.83. The molecule has 0 aliphatic carbocycles. The van der Waals surface area contributed by atoms with Crippen LogP contribution in [0, 0.1) is 0 Å². The number of aromatic hydroxyl groups is 1. The second kappa shape index (κ2) is 5.92. The lowest BCUT2D eigenvalue weighted by Gasteiger charge is -2.10. The van der Waals surface area contributed by atoms with Crippen LogP contribution in [0.15, 0.2) is 36.5 Å². The van der Waals surface area contributed by atoms with Crippen molar-refractivity contribution in [1.82, 2.24) is 4.98 Å². The smallest absolute Gasteiger partial charge is 0.341 e. The topological polar surface area (TPSA) is 80.7 Å². The Morgan fingerprint density at radius 3 is 2.65 bits per heavy atom. The molecule has 0 radical (unpaired) electrons. The lowest BCUT2D eigenvalue weighted by atomic mass is 10.1. The molecule has 0 bridgehead atoms. The van der Waals surface area contributed by atoms with E-state index in [2.05, 4.69) is 15.0 Å². The summed E-state index contributed by atoms with van der Waals surface area (Å²) in [4.78, 5) is 15.6. The fraction of sp³-hybridized carbons (Fsp3) is 0.143. The Hall–Kier alpha value is -2.76. The Kier molecular flexibility index (Phi) is 4.05. The van der Waals surface area contributed by atoms with Crippen molar-refractivity contribution in [3.63, 3.8) is 0 Å². The van der Waals surface area contributed by atoms with E-state index in [1.807, 2.05) is 0 Å². The molecule has 0 spiro atoms. The molecular weight excluding hydrogens is 260 g/mol. The zero-order valence-electron chi connectivity index (χ0n) is 11.1.